The second kappa shape index (κ2) is 4.93. The molecule has 0 aliphatic carbocycles. The van der Waals surface area contributed by atoms with Gasteiger partial charge in [0.15, 0.2) is 0 Å². The molecule has 15 heavy (non-hydrogen) atoms. The summed E-state index contributed by atoms with van der Waals surface area (Å²) in [6.45, 7) is 0. The third-order valence-electron chi connectivity index (χ3n) is 1.88. The first-order valence-corrected chi connectivity index (χ1v) is 7.50. The van der Waals surface area contributed by atoms with E-state index in [4.69, 9.17) is 14.6 Å². The van der Waals surface area contributed by atoms with Crippen LogP contribution in [0.4, 0.5) is 0 Å². The van der Waals surface area contributed by atoms with Crippen molar-refractivity contribution >= 4 is 67.1 Å². The van der Waals surface area contributed by atoms with Gasteiger partial charge in [-0.2, -0.15) is 0 Å². The molecule has 0 amide bonds. The van der Waals surface area contributed by atoms with Crippen LogP contribution >= 0.6 is 34.2 Å². The Balaban J connectivity index is 2.83. The zero-order valence-corrected chi connectivity index (χ0v) is 12.7. The predicted octanol–water partition coefficient (Wildman–Crippen LogP) is 2.84. The SMILES string of the molecule is [O]=[Sb][O]c1c(I)cc(Cl)c2cccnc12. The van der Waals surface area contributed by atoms with E-state index in [0.29, 0.717) is 16.3 Å². The van der Waals surface area contributed by atoms with E-state index in [2.05, 4.69) is 27.6 Å². The van der Waals surface area contributed by atoms with Crippen molar-refractivity contribution in [2.75, 3.05) is 0 Å². The third kappa shape index (κ3) is 2.27. The number of nitrogens with zero attached hydrogens (tertiary/aromatic N) is 1. The summed E-state index contributed by atoms with van der Waals surface area (Å²) >= 11 is 6.33. The van der Waals surface area contributed by atoms with Gasteiger partial charge < -0.3 is 0 Å². The molecule has 0 saturated carbocycles. The molecule has 0 fully saturated rings. The summed E-state index contributed by atoms with van der Waals surface area (Å²) in [5.41, 5.74) is 0.667. The molecule has 0 aliphatic heterocycles. The van der Waals surface area contributed by atoms with Crippen LogP contribution in [0.2, 0.25) is 5.02 Å². The second-order valence-corrected chi connectivity index (χ2v) is 5.25. The molecule has 1 heterocycles. The van der Waals surface area contributed by atoms with Crippen molar-refractivity contribution in [3.8, 4) is 5.75 Å². The molecule has 0 spiro atoms. The maximum absolute atomic E-state index is 10.6. The number of rotatable bonds is 2. The van der Waals surface area contributed by atoms with Crippen molar-refractivity contribution < 1.29 is 6.03 Å². The van der Waals surface area contributed by atoms with Crippen LogP contribution in [-0.2, 0) is 3.02 Å². The van der Waals surface area contributed by atoms with Gasteiger partial charge in [0.05, 0.1) is 0 Å². The zero-order valence-electron chi connectivity index (χ0n) is 7.28. The minimum absolute atomic E-state index is 0.572. The zero-order chi connectivity index (χ0) is 10.8. The molecule has 2 rings (SSSR count). The van der Waals surface area contributed by atoms with E-state index in [-0.39, 0.29) is 0 Å². The van der Waals surface area contributed by atoms with Crippen molar-refractivity contribution in [2.45, 2.75) is 0 Å². The van der Waals surface area contributed by atoms with E-state index < -0.39 is 22.0 Å². The second-order valence-electron chi connectivity index (χ2n) is 2.73. The third-order valence-corrected chi connectivity index (χ3v) is 3.73. The van der Waals surface area contributed by atoms with Crippen LogP contribution in [0.5, 0.6) is 5.75 Å². The molecule has 0 aliphatic rings. The molecule has 0 saturated heterocycles. The van der Waals surface area contributed by atoms with Crippen molar-refractivity contribution in [1.82, 2.24) is 4.98 Å². The van der Waals surface area contributed by atoms with Gasteiger partial charge in [-0.05, 0) is 0 Å². The summed E-state index contributed by atoms with van der Waals surface area (Å²) in [5, 5.41) is 1.45. The molecule has 0 bridgehead atoms. The van der Waals surface area contributed by atoms with Crippen LogP contribution in [0.3, 0.4) is 0 Å². The fraction of sp³-hybridized carbons (Fsp3) is 0. The van der Waals surface area contributed by atoms with Gasteiger partial charge in [0.2, 0.25) is 0 Å². The number of aromatic nitrogens is 1. The van der Waals surface area contributed by atoms with Crippen molar-refractivity contribution in [2.24, 2.45) is 0 Å². The van der Waals surface area contributed by atoms with Crippen molar-refractivity contribution in [3.63, 3.8) is 0 Å². The van der Waals surface area contributed by atoms with Gasteiger partial charge >= 0.3 is 117 Å². The Bertz CT molecular complexity index is 535. The van der Waals surface area contributed by atoms with Crippen LogP contribution in [0.1, 0.15) is 0 Å². The average molecular weight is 442 g/mol. The summed E-state index contributed by atoms with van der Waals surface area (Å²) in [7, 11) is 0. The Morgan fingerprint density at radius 1 is 1.53 bits per heavy atom. The van der Waals surface area contributed by atoms with Gasteiger partial charge in [0.1, 0.15) is 0 Å². The summed E-state index contributed by atoms with van der Waals surface area (Å²) in [6.07, 6.45) is 1.66. The van der Waals surface area contributed by atoms with Crippen LogP contribution in [0.15, 0.2) is 24.4 Å². The number of fused-ring (bicyclic) bond motifs is 1. The Labute approximate surface area is 116 Å². The first-order valence-electron chi connectivity index (χ1n) is 3.96. The van der Waals surface area contributed by atoms with Crippen LogP contribution in [0, 0.1) is 3.57 Å². The predicted molar refractivity (Wildman–Crippen MR) is 66.5 cm³/mol. The molecule has 0 radical (unpaired) electrons. The van der Waals surface area contributed by atoms with E-state index in [1.54, 1.807) is 18.3 Å². The first-order chi connectivity index (χ1) is 7.24. The van der Waals surface area contributed by atoms with Gasteiger partial charge in [-0.15, -0.1) is 0 Å². The Morgan fingerprint density at radius 3 is 3.07 bits per heavy atom. The van der Waals surface area contributed by atoms with E-state index in [1.807, 2.05) is 6.07 Å². The molecule has 3 nitrogen and oxygen atoms in total. The molecule has 2 aromatic rings. The van der Waals surface area contributed by atoms with Crippen molar-refractivity contribution in [1.29, 1.82) is 0 Å². The van der Waals surface area contributed by atoms with E-state index in [9.17, 15) is 3.02 Å². The molecule has 1 aromatic heterocycles. The van der Waals surface area contributed by atoms with Crippen LogP contribution in [0.25, 0.3) is 10.9 Å². The van der Waals surface area contributed by atoms with E-state index in [0.717, 1.165) is 8.96 Å². The summed E-state index contributed by atoms with van der Waals surface area (Å²) < 4.78 is 16.6. The van der Waals surface area contributed by atoms with E-state index in [1.165, 1.54) is 0 Å². The van der Waals surface area contributed by atoms with Crippen molar-refractivity contribution in [3.05, 3.63) is 33.0 Å². The Hall–Kier alpha value is 0.0682. The summed E-state index contributed by atoms with van der Waals surface area (Å²) in [4.78, 5) is 4.19. The fourth-order valence-electron chi connectivity index (χ4n) is 1.27. The standard InChI is InChI=1S/C9H5ClINO.O.Sb/c10-6-4-7(11)9(13)8-5(6)2-1-3-12-8;;/h1-4,13H;;/q;;+1/p-1. The molecular weight excluding hydrogens is 438 g/mol. The average Bonchev–Trinajstić information content (AvgIpc) is 2.24. The molecule has 0 unspecified atom stereocenters. The fourth-order valence-corrected chi connectivity index (χ4v) is 3.65. The number of hydrogen-bond acceptors (Lipinski definition) is 3. The topological polar surface area (TPSA) is 39.2 Å². The Kier molecular flexibility index (Phi) is 3.80. The number of pyridine rings is 1. The molecular formula is C9H4ClINO2Sb. The quantitative estimate of drug-likeness (QED) is 0.531. The monoisotopic (exact) mass is 441 g/mol. The molecule has 0 atom stereocenters. The molecule has 1 aromatic carbocycles. The molecule has 6 heteroatoms. The summed E-state index contributed by atoms with van der Waals surface area (Å²) in [6, 6.07) is 5.45. The van der Waals surface area contributed by atoms with Gasteiger partial charge in [0, 0.05) is 0 Å². The summed E-state index contributed by atoms with van der Waals surface area (Å²) in [5.74, 6) is 0.572. The number of hydrogen-bond donors (Lipinski definition) is 0. The first kappa shape index (κ1) is 11.6. The van der Waals surface area contributed by atoms with Crippen LogP contribution < -0.4 is 3.02 Å². The van der Waals surface area contributed by atoms with Gasteiger partial charge in [-0.25, -0.2) is 0 Å². The van der Waals surface area contributed by atoms with Gasteiger partial charge in [0.25, 0.3) is 0 Å². The normalized spacial score (nSPS) is 10.3. The maximum atomic E-state index is 10.6. The van der Waals surface area contributed by atoms with Crippen LogP contribution in [-0.4, -0.2) is 27.0 Å². The van der Waals surface area contributed by atoms with E-state index >= 15 is 0 Å². The number of benzene rings is 1. The number of halogens is 2. The minimum atomic E-state index is -1.83. The Morgan fingerprint density at radius 2 is 2.33 bits per heavy atom. The van der Waals surface area contributed by atoms with Gasteiger partial charge in [-0.3, -0.25) is 0 Å². The molecule has 76 valence electrons. The molecule has 0 N–H and O–H groups in total. The van der Waals surface area contributed by atoms with Gasteiger partial charge in [-0.1, -0.05) is 0 Å².